The minimum Gasteiger partial charge on any atom is -0.507 e. The molecule has 0 saturated carbocycles. The number of nitrogens with one attached hydrogen (secondary N) is 2. The number of fused-ring (bicyclic) bond motifs is 1. The highest BCUT2D eigenvalue weighted by Crippen LogP contribution is 2.26. The molecule has 1 aliphatic heterocycles. The van der Waals surface area contributed by atoms with Gasteiger partial charge in [0.25, 0.3) is 0 Å². The number of hydrogen-bond donors (Lipinski definition) is 3. The number of quaternary nitrogens is 2. The van der Waals surface area contributed by atoms with E-state index in [1.165, 1.54) is 29.4 Å². The van der Waals surface area contributed by atoms with E-state index in [4.69, 9.17) is 0 Å². The summed E-state index contributed by atoms with van der Waals surface area (Å²) in [5, 5.41) is 12.8. The van der Waals surface area contributed by atoms with Gasteiger partial charge in [0.15, 0.2) is 0 Å². The van der Waals surface area contributed by atoms with E-state index in [-0.39, 0.29) is 0 Å². The predicted octanol–water partition coefficient (Wildman–Crippen LogP) is 1.03. The van der Waals surface area contributed by atoms with Gasteiger partial charge in [-0.3, -0.25) is 0 Å². The van der Waals surface area contributed by atoms with Crippen molar-refractivity contribution in [2.45, 2.75) is 13.1 Å². The van der Waals surface area contributed by atoms with Gasteiger partial charge in [-0.25, -0.2) is 0 Å². The highest BCUT2D eigenvalue weighted by molar-refractivity contribution is 5.87. The lowest BCUT2D eigenvalue weighted by Gasteiger charge is -2.30. The van der Waals surface area contributed by atoms with E-state index in [1.54, 1.807) is 9.80 Å². The Kier molecular flexibility index (Phi) is 4.68. The Balaban J connectivity index is 1.41. The van der Waals surface area contributed by atoms with E-state index in [9.17, 15) is 5.11 Å². The Morgan fingerprint density at radius 1 is 0.680 bits per heavy atom. The highest BCUT2D eigenvalue weighted by atomic mass is 16.3. The van der Waals surface area contributed by atoms with E-state index >= 15 is 0 Å². The van der Waals surface area contributed by atoms with Crippen LogP contribution in [0.15, 0.2) is 66.7 Å². The quantitative estimate of drug-likeness (QED) is 0.654. The van der Waals surface area contributed by atoms with Crippen molar-refractivity contribution >= 4 is 10.8 Å². The molecule has 3 aromatic rings. The summed E-state index contributed by atoms with van der Waals surface area (Å²) in [6, 6.07) is 23.0. The Morgan fingerprint density at radius 3 is 2.08 bits per heavy atom. The van der Waals surface area contributed by atoms with Gasteiger partial charge in [-0.15, -0.1) is 0 Å². The van der Waals surface area contributed by atoms with Gasteiger partial charge in [-0.05, 0) is 16.8 Å². The van der Waals surface area contributed by atoms with Crippen LogP contribution in [0.25, 0.3) is 10.8 Å². The second kappa shape index (κ2) is 7.26. The van der Waals surface area contributed by atoms with Crippen molar-refractivity contribution in [3.63, 3.8) is 0 Å². The molecule has 0 spiro atoms. The Bertz CT molecular complexity index is 839. The van der Waals surface area contributed by atoms with Gasteiger partial charge in [0.2, 0.25) is 0 Å². The first-order chi connectivity index (χ1) is 12.3. The van der Waals surface area contributed by atoms with Crippen LogP contribution in [-0.2, 0) is 13.1 Å². The lowest BCUT2D eigenvalue weighted by atomic mass is 10.0. The van der Waals surface area contributed by atoms with Crippen LogP contribution in [0.5, 0.6) is 5.75 Å². The molecule has 0 amide bonds. The molecule has 0 atom stereocenters. The van der Waals surface area contributed by atoms with Crippen LogP contribution >= 0.6 is 0 Å². The fourth-order valence-electron chi connectivity index (χ4n) is 3.96. The lowest BCUT2D eigenvalue weighted by molar-refractivity contribution is -1.02. The first-order valence-corrected chi connectivity index (χ1v) is 9.20. The third-order valence-electron chi connectivity index (χ3n) is 5.40. The number of aromatic hydroxyl groups is 1. The predicted molar refractivity (Wildman–Crippen MR) is 101 cm³/mol. The molecule has 25 heavy (non-hydrogen) atoms. The third-order valence-corrected chi connectivity index (χ3v) is 5.40. The molecule has 0 aromatic heterocycles. The summed E-state index contributed by atoms with van der Waals surface area (Å²) < 4.78 is 0. The number of piperazine rings is 1. The maximum Gasteiger partial charge on any atom is 0.127 e. The van der Waals surface area contributed by atoms with Gasteiger partial charge in [-0.2, -0.15) is 0 Å². The van der Waals surface area contributed by atoms with Crippen LogP contribution in [0.4, 0.5) is 0 Å². The summed E-state index contributed by atoms with van der Waals surface area (Å²) in [5.41, 5.74) is 2.52. The van der Waals surface area contributed by atoms with Crippen molar-refractivity contribution in [1.29, 1.82) is 0 Å². The minimum absolute atomic E-state index is 0.435. The molecule has 0 bridgehead atoms. The first-order valence-electron chi connectivity index (χ1n) is 9.20. The average Bonchev–Trinajstić information content (AvgIpc) is 2.66. The molecule has 3 heteroatoms. The Hall–Kier alpha value is -2.36. The molecule has 3 N–H and O–H groups in total. The molecule has 128 valence electrons. The first kappa shape index (κ1) is 16.1. The van der Waals surface area contributed by atoms with E-state index in [0.29, 0.717) is 5.75 Å². The van der Waals surface area contributed by atoms with Crippen molar-refractivity contribution in [3.05, 3.63) is 77.9 Å². The summed E-state index contributed by atoms with van der Waals surface area (Å²) in [6.45, 7) is 6.72. The minimum atomic E-state index is 0.435. The van der Waals surface area contributed by atoms with Gasteiger partial charge in [0.1, 0.15) is 45.0 Å². The smallest absolute Gasteiger partial charge is 0.127 e. The SMILES string of the molecule is Oc1ccc2ccccc2c1C[NH+]1CC[NH+](Cc2ccccc2)CC1. The standard InChI is InChI=1S/C22H24N2O/c25-22-11-10-19-8-4-5-9-20(19)21(22)17-24-14-12-23(13-15-24)16-18-6-2-1-3-7-18/h1-11,25H,12-17H2/p+2. The molecule has 3 aromatic carbocycles. The maximum absolute atomic E-state index is 10.4. The summed E-state index contributed by atoms with van der Waals surface area (Å²) >= 11 is 0. The van der Waals surface area contributed by atoms with Crippen molar-refractivity contribution in [2.75, 3.05) is 26.2 Å². The van der Waals surface area contributed by atoms with Gasteiger partial charge in [0, 0.05) is 5.56 Å². The lowest BCUT2D eigenvalue weighted by Crippen LogP contribution is -3.27. The zero-order chi connectivity index (χ0) is 17.1. The van der Waals surface area contributed by atoms with Crippen molar-refractivity contribution in [2.24, 2.45) is 0 Å². The molecule has 4 rings (SSSR count). The fraction of sp³-hybridized carbons (Fsp3) is 0.273. The van der Waals surface area contributed by atoms with Gasteiger partial charge >= 0.3 is 0 Å². The van der Waals surface area contributed by atoms with Crippen LogP contribution in [0, 0.1) is 0 Å². The second-order valence-electron chi connectivity index (χ2n) is 7.12. The van der Waals surface area contributed by atoms with E-state index in [1.807, 2.05) is 12.1 Å². The van der Waals surface area contributed by atoms with E-state index < -0.39 is 0 Å². The number of benzene rings is 3. The summed E-state index contributed by atoms with van der Waals surface area (Å²) in [7, 11) is 0. The normalized spacial score (nSPS) is 20.6. The number of phenolic OH excluding ortho intramolecular Hbond substituents is 1. The molecular formula is C22H26N2O+2. The van der Waals surface area contributed by atoms with Crippen LogP contribution in [0.1, 0.15) is 11.1 Å². The van der Waals surface area contributed by atoms with Crippen molar-refractivity contribution in [1.82, 2.24) is 0 Å². The Morgan fingerprint density at radius 2 is 1.32 bits per heavy atom. The van der Waals surface area contributed by atoms with Crippen molar-refractivity contribution < 1.29 is 14.9 Å². The topological polar surface area (TPSA) is 29.1 Å². The molecule has 0 radical (unpaired) electrons. The molecule has 3 nitrogen and oxygen atoms in total. The Labute approximate surface area is 149 Å². The number of rotatable bonds is 4. The summed E-state index contributed by atoms with van der Waals surface area (Å²) in [6.07, 6.45) is 0. The number of phenols is 1. The summed E-state index contributed by atoms with van der Waals surface area (Å²) in [5.74, 6) is 0.435. The molecule has 1 saturated heterocycles. The second-order valence-corrected chi connectivity index (χ2v) is 7.12. The molecular weight excluding hydrogens is 308 g/mol. The molecule has 1 heterocycles. The number of hydrogen-bond acceptors (Lipinski definition) is 1. The molecule has 0 unspecified atom stereocenters. The van der Waals surface area contributed by atoms with Crippen LogP contribution in [0.2, 0.25) is 0 Å². The van der Waals surface area contributed by atoms with Crippen LogP contribution < -0.4 is 9.80 Å². The van der Waals surface area contributed by atoms with E-state index in [0.717, 1.165) is 31.7 Å². The largest absolute Gasteiger partial charge is 0.507 e. The zero-order valence-corrected chi connectivity index (χ0v) is 14.5. The van der Waals surface area contributed by atoms with Gasteiger partial charge in [0.05, 0.1) is 5.56 Å². The molecule has 0 aliphatic carbocycles. The van der Waals surface area contributed by atoms with Gasteiger partial charge in [-0.1, -0.05) is 60.7 Å². The zero-order valence-electron chi connectivity index (χ0n) is 14.5. The van der Waals surface area contributed by atoms with Crippen molar-refractivity contribution in [3.8, 4) is 5.75 Å². The molecule has 1 fully saturated rings. The monoisotopic (exact) mass is 334 g/mol. The average molecular weight is 334 g/mol. The van der Waals surface area contributed by atoms with Crippen LogP contribution in [-0.4, -0.2) is 31.3 Å². The van der Waals surface area contributed by atoms with E-state index in [2.05, 4.69) is 54.6 Å². The van der Waals surface area contributed by atoms with Crippen LogP contribution in [0.3, 0.4) is 0 Å². The fourth-order valence-corrected chi connectivity index (χ4v) is 3.96. The summed E-state index contributed by atoms with van der Waals surface area (Å²) in [4.78, 5) is 3.24. The molecule has 1 aliphatic rings. The highest BCUT2D eigenvalue weighted by Gasteiger charge is 2.24. The van der Waals surface area contributed by atoms with Gasteiger partial charge < -0.3 is 14.9 Å². The maximum atomic E-state index is 10.4. The third kappa shape index (κ3) is 3.68.